The van der Waals surface area contributed by atoms with Gasteiger partial charge in [0, 0.05) is 5.56 Å². The van der Waals surface area contributed by atoms with Crippen molar-refractivity contribution in [2.75, 3.05) is 6.61 Å². The van der Waals surface area contributed by atoms with Crippen molar-refractivity contribution in [3.63, 3.8) is 0 Å². The standard InChI is InChI=1S/C12H12ClN3O/c1-3-17-10-5-4-9(6-8(10)2)11-12(13)14-7-15-16-11/h4-7H,3H2,1-2H3. The van der Waals surface area contributed by atoms with Gasteiger partial charge in [0.1, 0.15) is 17.8 Å². The molecular formula is C12H12ClN3O. The average molecular weight is 250 g/mol. The number of nitrogens with zero attached hydrogens (tertiary/aromatic N) is 3. The van der Waals surface area contributed by atoms with Gasteiger partial charge in [0.15, 0.2) is 5.15 Å². The van der Waals surface area contributed by atoms with Crippen LogP contribution in [0.15, 0.2) is 24.5 Å². The van der Waals surface area contributed by atoms with Gasteiger partial charge < -0.3 is 4.74 Å². The van der Waals surface area contributed by atoms with Crippen molar-refractivity contribution in [1.82, 2.24) is 15.2 Å². The maximum Gasteiger partial charge on any atom is 0.159 e. The smallest absolute Gasteiger partial charge is 0.159 e. The number of benzene rings is 1. The highest BCUT2D eigenvalue weighted by molar-refractivity contribution is 6.31. The molecule has 4 nitrogen and oxygen atoms in total. The summed E-state index contributed by atoms with van der Waals surface area (Å²) in [6.45, 7) is 4.58. The van der Waals surface area contributed by atoms with Gasteiger partial charge in [-0.2, -0.15) is 0 Å². The number of rotatable bonds is 3. The van der Waals surface area contributed by atoms with E-state index in [-0.39, 0.29) is 0 Å². The molecule has 5 heteroatoms. The van der Waals surface area contributed by atoms with Crippen LogP contribution in [0.1, 0.15) is 12.5 Å². The van der Waals surface area contributed by atoms with E-state index in [0.29, 0.717) is 17.5 Å². The van der Waals surface area contributed by atoms with E-state index in [1.54, 1.807) is 0 Å². The molecule has 0 aliphatic heterocycles. The number of halogens is 1. The molecule has 0 N–H and O–H groups in total. The molecule has 0 saturated heterocycles. The summed E-state index contributed by atoms with van der Waals surface area (Å²) in [6.07, 6.45) is 1.33. The lowest BCUT2D eigenvalue weighted by molar-refractivity contribution is 0.338. The fraction of sp³-hybridized carbons (Fsp3) is 0.250. The SMILES string of the molecule is CCOc1ccc(-c2nncnc2Cl)cc1C. The minimum atomic E-state index is 0.351. The van der Waals surface area contributed by atoms with Crippen LogP contribution in [0.5, 0.6) is 5.75 Å². The number of aryl methyl sites for hydroxylation is 1. The van der Waals surface area contributed by atoms with Crippen LogP contribution in [-0.4, -0.2) is 21.8 Å². The molecule has 2 aromatic rings. The average Bonchev–Trinajstić information content (AvgIpc) is 2.33. The van der Waals surface area contributed by atoms with E-state index >= 15 is 0 Å². The highest BCUT2D eigenvalue weighted by Gasteiger charge is 2.08. The normalized spacial score (nSPS) is 10.3. The lowest BCUT2D eigenvalue weighted by Crippen LogP contribution is -1.95. The van der Waals surface area contributed by atoms with Gasteiger partial charge in [-0.15, -0.1) is 10.2 Å². The van der Waals surface area contributed by atoms with Crippen molar-refractivity contribution in [2.24, 2.45) is 0 Å². The second-order valence-electron chi connectivity index (χ2n) is 3.51. The van der Waals surface area contributed by atoms with Crippen molar-refractivity contribution in [3.8, 4) is 17.0 Å². The minimum absolute atomic E-state index is 0.351. The highest BCUT2D eigenvalue weighted by Crippen LogP contribution is 2.27. The van der Waals surface area contributed by atoms with Crippen molar-refractivity contribution >= 4 is 11.6 Å². The van der Waals surface area contributed by atoms with Gasteiger partial charge in [-0.1, -0.05) is 11.6 Å². The van der Waals surface area contributed by atoms with Crippen LogP contribution in [0, 0.1) is 6.92 Å². The maximum absolute atomic E-state index is 5.97. The molecule has 0 bridgehead atoms. The minimum Gasteiger partial charge on any atom is -0.494 e. The number of ether oxygens (including phenoxy) is 1. The van der Waals surface area contributed by atoms with Crippen LogP contribution < -0.4 is 4.74 Å². The third-order valence-electron chi connectivity index (χ3n) is 2.32. The van der Waals surface area contributed by atoms with Gasteiger partial charge in [-0.3, -0.25) is 0 Å². The molecule has 0 atom stereocenters. The quantitative estimate of drug-likeness (QED) is 0.839. The molecule has 0 aliphatic rings. The molecule has 0 spiro atoms. The van der Waals surface area contributed by atoms with Crippen LogP contribution in [0.2, 0.25) is 5.15 Å². The number of hydrogen-bond donors (Lipinski definition) is 0. The monoisotopic (exact) mass is 249 g/mol. The lowest BCUT2D eigenvalue weighted by atomic mass is 10.1. The fourth-order valence-electron chi connectivity index (χ4n) is 1.55. The van der Waals surface area contributed by atoms with E-state index in [1.165, 1.54) is 6.33 Å². The summed E-state index contributed by atoms with van der Waals surface area (Å²) in [7, 11) is 0. The topological polar surface area (TPSA) is 47.9 Å². The van der Waals surface area contributed by atoms with Crippen LogP contribution in [0.3, 0.4) is 0 Å². The molecule has 0 aliphatic carbocycles. The molecule has 1 heterocycles. The Kier molecular flexibility index (Phi) is 3.54. The number of hydrogen-bond acceptors (Lipinski definition) is 4. The lowest BCUT2D eigenvalue weighted by Gasteiger charge is -2.08. The van der Waals surface area contributed by atoms with E-state index in [0.717, 1.165) is 16.9 Å². The van der Waals surface area contributed by atoms with E-state index < -0.39 is 0 Å². The van der Waals surface area contributed by atoms with E-state index in [9.17, 15) is 0 Å². The Labute approximate surface area is 105 Å². The van der Waals surface area contributed by atoms with Crippen LogP contribution in [0.25, 0.3) is 11.3 Å². The first-order chi connectivity index (χ1) is 8.22. The largest absolute Gasteiger partial charge is 0.494 e. The molecule has 0 saturated carbocycles. The zero-order chi connectivity index (χ0) is 12.3. The maximum atomic E-state index is 5.97. The molecule has 17 heavy (non-hydrogen) atoms. The van der Waals surface area contributed by atoms with Gasteiger partial charge in [0.2, 0.25) is 0 Å². The second-order valence-corrected chi connectivity index (χ2v) is 3.87. The third-order valence-corrected chi connectivity index (χ3v) is 2.60. The van der Waals surface area contributed by atoms with Crippen LogP contribution in [0.4, 0.5) is 0 Å². The van der Waals surface area contributed by atoms with Gasteiger partial charge >= 0.3 is 0 Å². The van der Waals surface area contributed by atoms with E-state index in [1.807, 2.05) is 32.0 Å². The summed E-state index contributed by atoms with van der Waals surface area (Å²) in [5, 5.41) is 8.06. The molecule has 1 aromatic carbocycles. The van der Waals surface area contributed by atoms with Crippen molar-refractivity contribution in [2.45, 2.75) is 13.8 Å². The molecule has 0 amide bonds. The summed E-state index contributed by atoms with van der Waals surface area (Å²) in [5.74, 6) is 0.865. The van der Waals surface area contributed by atoms with Gasteiger partial charge in [-0.05, 0) is 37.6 Å². The van der Waals surface area contributed by atoms with Crippen molar-refractivity contribution in [3.05, 3.63) is 35.2 Å². The summed E-state index contributed by atoms with van der Waals surface area (Å²) in [4.78, 5) is 3.90. The second kappa shape index (κ2) is 5.10. The fourth-order valence-corrected chi connectivity index (χ4v) is 1.74. The molecule has 0 radical (unpaired) electrons. The molecule has 1 aromatic heterocycles. The Morgan fingerprint density at radius 3 is 2.82 bits per heavy atom. The Morgan fingerprint density at radius 1 is 1.35 bits per heavy atom. The van der Waals surface area contributed by atoms with Crippen molar-refractivity contribution < 1.29 is 4.74 Å². The molecule has 0 unspecified atom stereocenters. The predicted octanol–water partition coefficient (Wildman–Crippen LogP) is 2.90. The van der Waals surface area contributed by atoms with Gasteiger partial charge in [-0.25, -0.2) is 4.98 Å². The van der Waals surface area contributed by atoms with E-state index in [2.05, 4.69) is 15.2 Å². The van der Waals surface area contributed by atoms with Gasteiger partial charge in [0.05, 0.1) is 6.61 Å². The van der Waals surface area contributed by atoms with E-state index in [4.69, 9.17) is 16.3 Å². The van der Waals surface area contributed by atoms with Crippen LogP contribution >= 0.6 is 11.6 Å². The van der Waals surface area contributed by atoms with Gasteiger partial charge in [0.25, 0.3) is 0 Å². The molecular weight excluding hydrogens is 238 g/mol. The first kappa shape index (κ1) is 11.8. The first-order valence-corrected chi connectivity index (χ1v) is 5.67. The molecule has 0 fully saturated rings. The van der Waals surface area contributed by atoms with Crippen molar-refractivity contribution in [1.29, 1.82) is 0 Å². The summed E-state index contributed by atoms with van der Waals surface area (Å²) < 4.78 is 5.47. The summed E-state index contributed by atoms with van der Waals surface area (Å²) in [6, 6.07) is 5.76. The Hall–Kier alpha value is -1.68. The predicted molar refractivity (Wildman–Crippen MR) is 66.2 cm³/mol. The molecule has 2 rings (SSSR count). The highest BCUT2D eigenvalue weighted by atomic mass is 35.5. The zero-order valence-electron chi connectivity index (χ0n) is 9.64. The molecule has 88 valence electrons. The summed E-state index contributed by atoms with van der Waals surface area (Å²) >= 11 is 5.97. The number of aromatic nitrogens is 3. The summed E-state index contributed by atoms with van der Waals surface area (Å²) in [5.41, 5.74) is 2.50. The van der Waals surface area contributed by atoms with Crippen LogP contribution in [-0.2, 0) is 0 Å². The Bertz CT molecular complexity index is 531. The Morgan fingerprint density at radius 2 is 2.18 bits per heavy atom. The zero-order valence-corrected chi connectivity index (χ0v) is 10.4. The Balaban J connectivity index is 2.41. The third kappa shape index (κ3) is 2.53. The first-order valence-electron chi connectivity index (χ1n) is 5.29.